The highest BCUT2D eigenvalue weighted by atomic mass is 32.2. The summed E-state index contributed by atoms with van der Waals surface area (Å²) in [6.45, 7) is 4.20. The molecule has 3 heteroatoms. The maximum atomic E-state index is 11.1. The molecule has 0 unspecified atom stereocenters. The number of thioether (sulfide) groups is 1. The van der Waals surface area contributed by atoms with E-state index in [2.05, 4.69) is 0 Å². The van der Waals surface area contributed by atoms with Crippen LogP contribution in [0.5, 0.6) is 0 Å². The molecule has 0 aromatic rings. The first-order chi connectivity index (χ1) is 5.26. The maximum absolute atomic E-state index is 11.1. The van der Waals surface area contributed by atoms with Crippen molar-refractivity contribution in [1.29, 1.82) is 0 Å². The molecule has 0 amide bonds. The Morgan fingerprint density at radius 2 is 2.18 bits per heavy atom. The second-order valence-corrected chi connectivity index (χ2v) is 2.66. The first-order valence-electron chi connectivity index (χ1n) is 3.65. The highest BCUT2D eigenvalue weighted by Crippen LogP contribution is 2.08. The first kappa shape index (κ1) is 10.6. The molecule has 64 valence electrons. The van der Waals surface area contributed by atoms with Crippen LogP contribution in [-0.4, -0.2) is 18.8 Å². The van der Waals surface area contributed by atoms with Crippen molar-refractivity contribution in [2.24, 2.45) is 0 Å². The van der Waals surface area contributed by atoms with E-state index in [1.165, 1.54) is 11.8 Å². The summed E-state index contributed by atoms with van der Waals surface area (Å²) < 4.78 is 4.83. The summed E-state index contributed by atoms with van der Waals surface area (Å²) in [6, 6.07) is 0. The van der Waals surface area contributed by atoms with Gasteiger partial charge in [0, 0.05) is 5.57 Å². The monoisotopic (exact) mass is 174 g/mol. The van der Waals surface area contributed by atoms with Crippen molar-refractivity contribution in [2.75, 3.05) is 12.9 Å². The number of esters is 1. The highest BCUT2D eigenvalue weighted by Gasteiger charge is 2.06. The van der Waals surface area contributed by atoms with Gasteiger partial charge in [0.1, 0.15) is 0 Å². The van der Waals surface area contributed by atoms with Gasteiger partial charge in [-0.25, -0.2) is 4.79 Å². The first-order valence-corrected chi connectivity index (χ1v) is 4.94. The Hall–Kier alpha value is -0.440. The SMILES string of the molecule is CCOC(=O)/C(=C/SC)CC. The van der Waals surface area contributed by atoms with E-state index >= 15 is 0 Å². The molecule has 0 radical (unpaired) electrons. The average molecular weight is 174 g/mol. The molecular formula is C8H14O2S. The van der Waals surface area contributed by atoms with Crippen molar-refractivity contribution in [1.82, 2.24) is 0 Å². The van der Waals surface area contributed by atoms with E-state index in [0.717, 1.165) is 12.0 Å². The summed E-state index contributed by atoms with van der Waals surface area (Å²) >= 11 is 1.53. The lowest BCUT2D eigenvalue weighted by molar-refractivity contribution is -0.138. The molecule has 0 N–H and O–H groups in total. The van der Waals surface area contributed by atoms with Gasteiger partial charge >= 0.3 is 5.97 Å². The fourth-order valence-electron chi connectivity index (χ4n) is 0.642. The molecule has 2 nitrogen and oxygen atoms in total. The smallest absolute Gasteiger partial charge is 0.334 e. The van der Waals surface area contributed by atoms with Crippen LogP contribution in [0.3, 0.4) is 0 Å². The number of carbonyl (C=O) groups is 1. The van der Waals surface area contributed by atoms with Crippen molar-refractivity contribution < 1.29 is 9.53 Å². The zero-order valence-electron chi connectivity index (χ0n) is 7.22. The zero-order chi connectivity index (χ0) is 8.69. The van der Waals surface area contributed by atoms with Crippen molar-refractivity contribution in [3.8, 4) is 0 Å². The van der Waals surface area contributed by atoms with Crippen LogP contribution in [-0.2, 0) is 9.53 Å². The van der Waals surface area contributed by atoms with E-state index < -0.39 is 0 Å². The average Bonchev–Trinajstić information content (AvgIpc) is 2.00. The molecule has 0 saturated carbocycles. The summed E-state index contributed by atoms with van der Waals surface area (Å²) in [7, 11) is 0. The molecule has 0 heterocycles. The Bertz CT molecular complexity index is 152. The topological polar surface area (TPSA) is 26.3 Å². The third kappa shape index (κ3) is 4.09. The van der Waals surface area contributed by atoms with E-state index in [4.69, 9.17) is 4.74 Å². The third-order valence-electron chi connectivity index (χ3n) is 1.18. The summed E-state index contributed by atoms with van der Waals surface area (Å²) in [5.41, 5.74) is 0.749. The number of rotatable bonds is 4. The molecule has 0 aliphatic rings. The Balaban J connectivity index is 4.03. The van der Waals surface area contributed by atoms with Crippen molar-refractivity contribution >= 4 is 17.7 Å². The Labute approximate surface area is 72.0 Å². The fourth-order valence-corrected chi connectivity index (χ4v) is 1.19. The van der Waals surface area contributed by atoms with Gasteiger partial charge in [-0.15, -0.1) is 11.8 Å². The van der Waals surface area contributed by atoms with Crippen LogP contribution >= 0.6 is 11.8 Å². The zero-order valence-corrected chi connectivity index (χ0v) is 8.03. The van der Waals surface area contributed by atoms with Crippen molar-refractivity contribution in [3.63, 3.8) is 0 Å². The van der Waals surface area contributed by atoms with Crippen molar-refractivity contribution in [3.05, 3.63) is 11.0 Å². The molecular weight excluding hydrogens is 160 g/mol. The number of ether oxygens (including phenoxy) is 1. The van der Waals surface area contributed by atoms with Crippen LogP contribution < -0.4 is 0 Å². The predicted molar refractivity (Wildman–Crippen MR) is 48.5 cm³/mol. The van der Waals surface area contributed by atoms with Gasteiger partial charge in [-0.1, -0.05) is 6.92 Å². The van der Waals surface area contributed by atoms with Crippen LogP contribution in [0, 0.1) is 0 Å². The largest absolute Gasteiger partial charge is 0.463 e. The van der Waals surface area contributed by atoms with Crippen LogP contribution in [0.25, 0.3) is 0 Å². The van der Waals surface area contributed by atoms with Crippen LogP contribution in [0.2, 0.25) is 0 Å². The van der Waals surface area contributed by atoms with E-state index in [0.29, 0.717) is 6.61 Å². The molecule has 0 fully saturated rings. The number of hydrogen-bond donors (Lipinski definition) is 0. The molecule has 0 bridgehead atoms. The van der Waals surface area contributed by atoms with Gasteiger partial charge in [0.15, 0.2) is 0 Å². The molecule has 11 heavy (non-hydrogen) atoms. The molecule has 0 aromatic heterocycles. The molecule has 0 aliphatic heterocycles. The minimum absolute atomic E-state index is 0.190. The summed E-state index contributed by atoms with van der Waals surface area (Å²) in [4.78, 5) is 11.1. The number of carbonyl (C=O) groups excluding carboxylic acids is 1. The molecule has 0 aliphatic carbocycles. The van der Waals surface area contributed by atoms with Gasteiger partial charge in [0.2, 0.25) is 0 Å². The van der Waals surface area contributed by atoms with Crippen molar-refractivity contribution in [2.45, 2.75) is 20.3 Å². The Kier molecular flexibility index (Phi) is 6.03. The minimum atomic E-state index is -0.190. The van der Waals surface area contributed by atoms with Gasteiger partial charge in [-0.05, 0) is 25.0 Å². The molecule has 0 rings (SSSR count). The van der Waals surface area contributed by atoms with Gasteiger partial charge in [0.05, 0.1) is 6.61 Å². The molecule has 0 aromatic carbocycles. The predicted octanol–water partition coefficient (Wildman–Crippen LogP) is 2.21. The minimum Gasteiger partial charge on any atom is -0.463 e. The molecule has 0 atom stereocenters. The standard InChI is InChI=1S/C8H14O2S/c1-4-7(6-11-3)8(9)10-5-2/h6H,4-5H2,1-3H3/b7-6+. The second kappa shape index (κ2) is 6.28. The van der Waals surface area contributed by atoms with Crippen LogP contribution in [0.15, 0.2) is 11.0 Å². The third-order valence-corrected chi connectivity index (χ3v) is 1.70. The number of hydrogen-bond acceptors (Lipinski definition) is 3. The fraction of sp³-hybridized carbons (Fsp3) is 0.625. The van der Waals surface area contributed by atoms with Crippen LogP contribution in [0.1, 0.15) is 20.3 Å². The second-order valence-electron chi connectivity index (χ2n) is 1.95. The van der Waals surface area contributed by atoms with E-state index in [-0.39, 0.29) is 5.97 Å². The van der Waals surface area contributed by atoms with E-state index in [1.54, 1.807) is 0 Å². The summed E-state index contributed by atoms with van der Waals surface area (Å²) in [5.74, 6) is -0.190. The van der Waals surface area contributed by atoms with Gasteiger partial charge in [0.25, 0.3) is 0 Å². The van der Waals surface area contributed by atoms with Gasteiger partial charge in [-0.3, -0.25) is 0 Å². The van der Waals surface area contributed by atoms with Gasteiger partial charge < -0.3 is 4.74 Å². The lowest BCUT2D eigenvalue weighted by Gasteiger charge is -2.02. The van der Waals surface area contributed by atoms with E-state index in [1.807, 2.05) is 25.5 Å². The maximum Gasteiger partial charge on any atom is 0.334 e. The highest BCUT2D eigenvalue weighted by molar-refractivity contribution is 8.01. The van der Waals surface area contributed by atoms with Gasteiger partial charge in [-0.2, -0.15) is 0 Å². The summed E-state index contributed by atoms with van der Waals surface area (Å²) in [5, 5.41) is 1.83. The Morgan fingerprint density at radius 3 is 2.55 bits per heavy atom. The van der Waals surface area contributed by atoms with Crippen LogP contribution in [0.4, 0.5) is 0 Å². The van der Waals surface area contributed by atoms with E-state index in [9.17, 15) is 4.79 Å². The summed E-state index contributed by atoms with van der Waals surface area (Å²) in [6.07, 6.45) is 2.66. The lowest BCUT2D eigenvalue weighted by atomic mass is 10.2. The molecule has 0 saturated heterocycles. The molecule has 0 spiro atoms. The Morgan fingerprint density at radius 1 is 1.55 bits per heavy atom. The normalized spacial score (nSPS) is 11.4. The quantitative estimate of drug-likeness (QED) is 0.483. The lowest BCUT2D eigenvalue weighted by Crippen LogP contribution is -2.06.